The van der Waals surface area contributed by atoms with E-state index < -0.39 is 30.2 Å². The molecule has 5 nitrogen and oxygen atoms in total. The smallest absolute Gasteiger partial charge is 0.416 e. The standard InChI is InChI=1S/C17H14F3NO4/c1-10-5-6-14(25-9-15(22)23)13(7-10)16(24)21-12-4-2-3-11(8-12)17(18,19)20/h2-8H,9H2,1H3,(H,21,24)(H,22,23). The summed E-state index contributed by atoms with van der Waals surface area (Å²) in [7, 11) is 0. The molecule has 8 heteroatoms. The summed E-state index contributed by atoms with van der Waals surface area (Å²) in [4.78, 5) is 23.0. The zero-order valence-corrected chi connectivity index (χ0v) is 13.1. The lowest BCUT2D eigenvalue weighted by Crippen LogP contribution is -2.17. The maximum absolute atomic E-state index is 12.7. The first-order chi connectivity index (χ1) is 11.7. The van der Waals surface area contributed by atoms with Crippen LogP contribution in [0.2, 0.25) is 0 Å². The number of aryl methyl sites for hydroxylation is 1. The van der Waals surface area contributed by atoms with Gasteiger partial charge in [-0.25, -0.2) is 4.79 Å². The fourth-order valence-corrected chi connectivity index (χ4v) is 2.06. The van der Waals surface area contributed by atoms with Gasteiger partial charge in [0.15, 0.2) is 6.61 Å². The van der Waals surface area contributed by atoms with E-state index in [9.17, 15) is 22.8 Å². The minimum absolute atomic E-state index is 0.0254. The number of carbonyl (C=O) groups excluding carboxylic acids is 1. The van der Waals surface area contributed by atoms with Crippen LogP contribution < -0.4 is 10.1 Å². The minimum atomic E-state index is -4.53. The summed E-state index contributed by atoms with van der Waals surface area (Å²) in [6.07, 6.45) is -4.53. The van der Waals surface area contributed by atoms with E-state index in [1.807, 2.05) is 0 Å². The van der Waals surface area contributed by atoms with Gasteiger partial charge in [0.1, 0.15) is 5.75 Å². The van der Waals surface area contributed by atoms with Crippen LogP contribution in [0.3, 0.4) is 0 Å². The summed E-state index contributed by atoms with van der Waals surface area (Å²) in [6.45, 7) is 1.06. The predicted octanol–water partition coefficient (Wildman–Crippen LogP) is 3.73. The van der Waals surface area contributed by atoms with Crippen LogP contribution in [0.1, 0.15) is 21.5 Å². The van der Waals surface area contributed by atoms with E-state index in [1.165, 1.54) is 24.3 Å². The highest BCUT2D eigenvalue weighted by atomic mass is 19.4. The highest BCUT2D eigenvalue weighted by Gasteiger charge is 2.30. The van der Waals surface area contributed by atoms with Crippen LogP contribution in [0, 0.1) is 6.92 Å². The van der Waals surface area contributed by atoms with E-state index in [0.717, 1.165) is 12.1 Å². The van der Waals surface area contributed by atoms with Gasteiger partial charge in [-0.2, -0.15) is 13.2 Å². The molecule has 0 fully saturated rings. The molecule has 0 aliphatic rings. The summed E-state index contributed by atoms with van der Waals surface area (Å²) in [5.74, 6) is -1.90. The zero-order valence-electron chi connectivity index (χ0n) is 13.1. The highest BCUT2D eigenvalue weighted by molar-refractivity contribution is 6.06. The van der Waals surface area contributed by atoms with Crippen molar-refractivity contribution in [2.24, 2.45) is 0 Å². The molecule has 2 aromatic carbocycles. The maximum Gasteiger partial charge on any atom is 0.416 e. The van der Waals surface area contributed by atoms with E-state index in [-0.39, 0.29) is 17.0 Å². The third-order valence-corrected chi connectivity index (χ3v) is 3.18. The third-order valence-electron chi connectivity index (χ3n) is 3.18. The Kier molecular flexibility index (Phi) is 5.31. The Morgan fingerprint density at radius 3 is 2.52 bits per heavy atom. The molecule has 0 bridgehead atoms. The summed E-state index contributed by atoms with van der Waals surface area (Å²) < 4.78 is 43.2. The Morgan fingerprint density at radius 1 is 1.16 bits per heavy atom. The number of carboxylic acids is 1. The number of carboxylic acid groups (broad SMARTS) is 1. The maximum atomic E-state index is 12.7. The summed E-state index contributed by atoms with van der Waals surface area (Å²) >= 11 is 0. The monoisotopic (exact) mass is 353 g/mol. The number of nitrogens with one attached hydrogen (secondary N) is 1. The van der Waals surface area contributed by atoms with Crippen molar-refractivity contribution < 1.29 is 32.6 Å². The number of benzene rings is 2. The van der Waals surface area contributed by atoms with Gasteiger partial charge in [0.2, 0.25) is 0 Å². The van der Waals surface area contributed by atoms with Crippen molar-refractivity contribution >= 4 is 17.6 Å². The fourth-order valence-electron chi connectivity index (χ4n) is 2.06. The predicted molar refractivity (Wildman–Crippen MR) is 83.7 cm³/mol. The van der Waals surface area contributed by atoms with Crippen LogP contribution in [-0.4, -0.2) is 23.6 Å². The van der Waals surface area contributed by atoms with Crippen LogP contribution in [0.25, 0.3) is 0 Å². The Balaban J connectivity index is 2.26. The SMILES string of the molecule is Cc1ccc(OCC(=O)O)c(C(=O)Nc2cccc(C(F)(F)F)c2)c1. The highest BCUT2D eigenvalue weighted by Crippen LogP contribution is 2.31. The Bertz CT molecular complexity index is 803. The van der Waals surface area contributed by atoms with Crippen molar-refractivity contribution in [3.05, 3.63) is 59.2 Å². The number of hydrogen-bond donors (Lipinski definition) is 2. The van der Waals surface area contributed by atoms with Gasteiger partial charge in [0.05, 0.1) is 11.1 Å². The molecular formula is C17H14F3NO4. The second kappa shape index (κ2) is 7.25. The van der Waals surface area contributed by atoms with Crippen LogP contribution in [0.5, 0.6) is 5.75 Å². The first-order valence-corrected chi connectivity index (χ1v) is 7.10. The van der Waals surface area contributed by atoms with E-state index >= 15 is 0 Å². The molecule has 2 aromatic rings. The van der Waals surface area contributed by atoms with E-state index in [2.05, 4.69) is 5.32 Å². The van der Waals surface area contributed by atoms with E-state index in [0.29, 0.717) is 5.56 Å². The molecule has 0 aliphatic carbocycles. The Hall–Kier alpha value is -3.03. The Labute approximate surface area is 141 Å². The van der Waals surface area contributed by atoms with Crippen LogP contribution >= 0.6 is 0 Å². The molecular weight excluding hydrogens is 339 g/mol. The first kappa shape index (κ1) is 18.3. The number of rotatable bonds is 5. The third kappa shape index (κ3) is 4.97. The largest absolute Gasteiger partial charge is 0.481 e. The molecule has 0 saturated carbocycles. The normalized spacial score (nSPS) is 11.0. The molecule has 1 amide bonds. The number of amides is 1. The summed E-state index contributed by atoms with van der Waals surface area (Å²) in [6, 6.07) is 8.71. The number of halogens is 3. The molecule has 0 unspecified atom stereocenters. The van der Waals surface area contributed by atoms with Crippen molar-refractivity contribution in [2.45, 2.75) is 13.1 Å². The van der Waals surface area contributed by atoms with Crippen molar-refractivity contribution in [1.82, 2.24) is 0 Å². The molecule has 25 heavy (non-hydrogen) atoms. The van der Waals surface area contributed by atoms with Gasteiger partial charge in [-0.1, -0.05) is 17.7 Å². The van der Waals surface area contributed by atoms with Gasteiger partial charge in [-0.15, -0.1) is 0 Å². The number of carbonyl (C=O) groups is 2. The van der Waals surface area contributed by atoms with Crippen molar-refractivity contribution in [2.75, 3.05) is 11.9 Å². The van der Waals surface area contributed by atoms with Gasteiger partial charge in [-0.3, -0.25) is 4.79 Å². The number of anilines is 1. The number of aliphatic carboxylic acids is 1. The van der Waals surface area contributed by atoms with Crippen molar-refractivity contribution in [1.29, 1.82) is 0 Å². The number of alkyl halides is 3. The molecule has 0 atom stereocenters. The van der Waals surface area contributed by atoms with E-state index in [1.54, 1.807) is 13.0 Å². The van der Waals surface area contributed by atoms with Gasteiger partial charge in [0, 0.05) is 5.69 Å². The molecule has 0 spiro atoms. The second-order valence-electron chi connectivity index (χ2n) is 5.21. The average molecular weight is 353 g/mol. The lowest BCUT2D eigenvalue weighted by atomic mass is 10.1. The van der Waals surface area contributed by atoms with Gasteiger partial charge in [-0.05, 0) is 37.3 Å². The zero-order chi connectivity index (χ0) is 18.6. The van der Waals surface area contributed by atoms with Crippen LogP contribution in [0.4, 0.5) is 18.9 Å². The lowest BCUT2D eigenvalue weighted by molar-refractivity contribution is -0.139. The Morgan fingerprint density at radius 2 is 1.88 bits per heavy atom. The van der Waals surface area contributed by atoms with Crippen LogP contribution in [0.15, 0.2) is 42.5 Å². The van der Waals surface area contributed by atoms with Gasteiger partial charge < -0.3 is 15.2 Å². The van der Waals surface area contributed by atoms with Crippen LogP contribution in [-0.2, 0) is 11.0 Å². The minimum Gasteiger partial charge on any atom is -0.481 e. The lowest BCUT2D eigenvalue weighted by Gasteiger charge is -2.13. The fraction of sp³-hybridized carbons (Fsp3) is 0.176. The quantitative estimate of drug-likeness (QED) is 0.859. The molecule has 132 valence electrons. The molecule has 0 heterocycles. The molecule has 2 rings (SSSR count). The van der Waals surface area contributed by atoms with Gasteiger partial charge >= 0.3 is 12.1 Å². The number of ether oxygens (including phenoxy) is 1. The molecule has 0 aliphatic heterocycles. The van der Waals surface area contributed by atoms with Gasteiger partial charge in [0.25, 0.3) is 5.91 Å². The molecule has 2 N–H and O–H groups in total. The molecule has 0 saturated heterocycles. The first-order valence-electron chi connectivity index (χ1n) is 7.10. The summed E-state index contributed by atoms with van der Waals surface area (Å²) in [5, 5.41) is 11.0. The molecule has 0 aromatic heterocycles. The second-order valence-corrected chi connectivity index (χ2v) is 5.21. The van der Waals surface area contributed by atoms with Crippen molar-refractivity contribution in [3.8, 4) is 5.75 Å². The number of hydrogen-bond acceptors (Lipinski definition) is 3. The van der Waals surface area contributed by atoms with E-state index in [4.69, 9.17) is 9.84 Å². The van der Waals surface area contributed by atoms with Crippen molar-refractivity contribution in [3.63, 3.8) is 0 Å². The average Bonchev–Trinajstić information content (AvgIpc) is 2.53. The topological polar surface area (TPSA) is 75.6 Å². The molecule has 0 radical (unpaired) electrons. The summed E-state index contributed by atoms with van der Waals surface area (Å²) in [5.41, 5.74) is -0.196.